The summed E-state index contributed by atoms with van der Waals surface area (Å²) >= 11 is 12.0. The predicted octanol–water partition coefficient (Wildman–Crippen LogP) is 6.79. The predicted molar refractivity (Wildman–Crippen MR) is 164 cm³/mol. The third-order valence-corrected chi connectivity index (χ3v) is 9.37. The van der Waals surface area contributed by atoms with Crippen LogP contribution < -0.4 is 20.4 Å². The average molecular weight is 555 g/mol. The second-order valence-corrected chi connectivity index (χ2v) is 12.8. The van der Waals surface area contributed by atoms with Gasteiger partial charge in [-0.25, -0.2) is 0 Å². The standard InChI is InChI=1S/C30H43ClN6S/c1-22-12-17-36(18-13-22)26-19-27(37-16-6-7-23(2)20-37)34-28(33-26)35-29(38)32-21-30(14-4-3-5-15-30)24-8-10-25(31)11-9-24/h8-11,19,22-23H,3-7,12-18,20-21H2,1-2H3,(H2,32,33,34,35,38)/t23-/m0/s1. The molecule has 0 spiro atoms. The molecule has 2 saturated heterocycles. The Labute approximate surface area is 238 Å². The molecular weight excluding hydrogens is 512 g/mol. The van der Waals surface area contributed by atoms with Crippen molar-refractivity contribution in [2.24, 2.45) is 11.8 Å². The zero-order chi connectivity index (χ0) is 26.5. The number of hydrogen-bond donors (Lipinski definition) is 2. The summed E-state index contributed by atoms with van der Waals surface area (Å²) in [5.41, 5.74) is 1.41. The van der Waals surface area contributed by atoms with Gasteiger partial charge in [-0.1, -0.05) is 56.8 Å². The first-order valence-corrected chi connectivity index (χ1v) is 15.4. The highest BCUT2D eigenvalue weighted by Gasteiger charge is 2.34. The van der Waals surface area contributed by atoms with E-state index in [4.69, 9.17) is 33.8 Å². The molecule has 3 heterocycles. The fourth-order valence-electron chi connectivity index (χ4n) is 6.43. The molecule has 1 saturated carbocycles. The molecule has 2 N–H and O–H groups in total. The van der Waals surface area contributed by atoms with Crippen LogP contribution in [0.15, 0.2) is 30.3 Å². The molecule has 0 unspecified atom stereocenters. The van der Waals surface area contributed by atoms with Gasteiger partial charge in [0.1, 0.15) is 11.6 Å². The van der Waals surface area contributed by atoms with Gasteiger partial charge in [0.15, 0.2) is 5.11 Å². The number of rotatable bonds is 6. The van der Waals surface area contributed by atoms with Crippen LogP contribution in [0.5, 0.6) is 0 Å². The van der Waals surface area contributed by atoms with Gasteiger partial charge in [-0.2, -0.15) is 9.97 Å². The van der Waals surface area contributed by atoms with Crippen LogP contribution in [0, 0.1) is 11.8 Å². The topological polar surface area (TPSA) is 56.3 Å². The number of benzene rings is 1. The van der Waals surface area contributed by atoms with Crippen LogP contribution >= 0.6 is 23.8 Å². The maximum absolute atomic E-state index is 6.20. The molecule has 3 fully saturated rings. The van der Waals surface area contributed by atoms with E-state index in [2.05, 4.69) is 52.5 Å². The molecule has 38 heavy (non-hydrogen) atoms. The molecule has 0 amide bonds. The van der Waals surface area contributed by atoms with Crippen molar-refractivity contribution >= 4 is 46.5 Å². The minimum atomic E-state index is 0.0663. The van der Waals surface area contributed by atoms with Gasteiger partial charge in [0.25, 0.3) is 0 Å². The van der Waals surface area contributed by atoms with Gasteiger partial charge in [0, 0.05) is 49.2 Å². The Bertz CT molecular complexity index is 1080. The molecule has 2 aromatic rings. The van der Waals surface area contributed by atoms with E-state index in [0.29, 0.717) is 17.0 Å². The fraction of sp³-hybridized carbons (Fsp3) is 0.633. The minimum Gasteiger partial charge on any atom is -0.361 e. The monoisotopic (exact) mass is 554 g/mol. The lowest BCUT2D eigenvalue weighted by Gasteiger charge is -2.38. The lowest BCUT2D eigenvalue weighted by Crippen LogP contribution is -2.43. The summed E-state index contributed by atoms with van der Waals surface area (Å²) in [6.07, 6.45) is 11.0. The van der Waals surface area contributed by atoms with Gasteiger partial charge in [-0.15, -0.1) is 0 Å². The average Bonchev–Trinajstić information content (AvgIpc) is 2.93. The van der Waals surface area contributed by atoms with E-state index >= 15 is 0 Å². The molecule has 0 radical (unpaired) electrons. The Balaban J connectivity index is 1.32. The number of thiocarbonyl (C=S) groups is 1. The molecule has 8 heteroatoms. The normalized spacial score (nSPS) is 22.2. The molecule has 206 valence electrons. The zero-order valence-electron chi connectivity index (χ0n) is 23.0. The van der Waals surface area contributed by atoms with Crippen molar-refractivity contribution in [2.45, 2.75) is 77.0 Å². The zero-order valence-corrected chi connectivity index (χ0v) is 24.6. The van der Waals surface area contributed by atoms with E-state index in [1.54, 1.807) is 0 Å². The van der Waals surface area contributed by atoms with Gasteiger partial charge >= 0.3 is 0 Å². The summed E-state index contributed by atoms with van der Waals surface area (Å²) in [4.78, 5) is 14.7. The van der Waals surface area contributed by atoms with Crippen molar-refractivity contribution in [3.05, 3.63) is 40.9 Å². The molecule has 5 rings (SSSR count). The van der Waals surface area contributed by atoms with E-state index in [1.807, 2.05) is 12.1 Å². The van der Waals surface area contributed by atoms with Crippen molar-refractivity contribution in [3.63, 3.8) is 0 Å². The number of nitrogens with zero attached hydrogens (tertiary/aromatic N) is 4. The van der Waals surface area contributed by atoms with Crippen LogP contribution in [0.1, 0.15) is 77.2 Å². The summed E-state index contributed by atoms with van der Waals surface area (Å²) in [5, 5.41) is 8.28. The fourth-order valence-corrected chi connectivity index (χ4v) is 6.72. The van der Waals surface area contributed by atoms with Crippen LogP contribution in [0.2, 0.25) is 5.02 Å². The number of hydrogen-bond acceptors (Lipinski definition) is 5. The number of anilines is 3. The number of piperidine rings is 2. The minimum absolute atomic E-state index is 0.0663. The lowest BCUT2D eigenvalue weighted by atomic mass is 9.69. The number of halogens is 1. The van der Waals surface area contributed by atoms with E-state index in [1.165, 1.54) is 50.5 Å². The van der Waals surface area contributed by atoms with E-state index in [0.717, 1.165) is 68.1 Å². The maximum atomic E-state index is 6.20. The van der Waals surface area contributed by atoms with Gasteiger partial charge < -0.3 is 20.4 Å². The van der Waals surface area contributed by atoms with Gasteiger partial charge in [-0.3, -0.25) is 0 Å². The van der Waals surface area contributed by atoms with Crippen molar-refractivity contribution < 1.29 is 0 Å². The first-order valence-electron chi connectivity index (χ1n) is 14.6. The second kappa shape index (κ2) is 12.4. The Morgan fingerprint density at radius 2 is 1.61 bits per heavy atom. The molecule has 6 nitrogen and oxygen atoms in total. The summed E-state index contributed by atoms with van der Waals surface area (Å²) in [5.74, 6) is 4.07. The molecule has 1 aromatic heterocycles. The summed E-state index contributed by atoms with van der Waals surface area (Å²) in [7, 11) is 0. The Hall–Kier alpha value is -2.12. The van der Waals surface area contributed by atoms with Crippen molar-refractivity contribution in [1.82, 2.24) is 15.3 Å². The largest absolute Gasteiger partial charge is 0.361 e. The Morgan fingerprint density at radius 3 is 2.29 bits per heavy atom. The van der Waals surface area contributed by atoms with Crippen LogP contribution in [-0.4, -0.2) is 47.8 Å². The molecule has 3 aliphatic rings. The van der Waals surface area contributed by atoms with Crippen LogP contribution in [0.3, 0.4) is 0 Å². The molecule has 0 bridgehead atoms. The Kier molecular flexibility index (Phi) is 8.94. The van der Waals surface area contributed by atoms with E-state index < -0.39 is 0 Å². The highest BCUT2D eigenvalue weighted by atomic mass is 35.5. The number of nitrogens with one attached hydrogen (secondary N) is 2. The first kappa shape index (κ1) is 27.4. The summed E-state index contributed by atoms with van der Waals surface area (Å²) in [6.45, 7) is 9.64. The summed E-state index contributed by atoms with van der Waals surface area (Å²) in [6, 6.07) is 10.6. The summed E-state index contributed by atoms with van der Waals surface area (Å²) < 4.78 is 0. The third kappa shape index (κ3) is 6.71. The van der Waals surface area contributed by atoms with Crippen molar-refractivity contribution in [2.75, 3.05) is 47.8 Å². The molecule has 1 aromatic carbocycles. The van der Waals surface area contributed by atoms with Gasteiger partial charge in [0.05, 0.1) is 0 Å². The SMILES string of the molecule is CC1CCN(c2cc(N3CCC[C@H](C)C3)nc(NC(=S)NCC3(c4ccc(Cl)cc4)CCCCC3)n2)CC1. The van der Waals surface area contributed by atoms with Gasteiger partial charge in [-0.05, 0) is 80.3 Å². The lowest BCUT2D eigenvalue weighted by molar-refractivity contribution is 0.292. The van der Waals surface area contributed by atoms with E-state index in [9.17, 15) is 0 Å². The van der Waals surface area contributed by atoms with Crippen LogP contribution in [0.4, 0.5) is 17.6 Å². The third-order valence-electron chi connectivity index (χ3n) is 8.87. The maximum Gasteiger partial charge on any atom is 0.232 e. The van der Waals surface area contributed by atoms with Crippen LogP contribution in [-0.2, 0) is 5.41 Å². The number of aromatic nitrogens is 2. The Morgan fingerprint density at radius 1 is 0.921 bits per heavy atom. The smallest absolute Gasteiger partial charge is 0.232 e. The molecule has 1 atom stereocenters. The molecular formula is C30H43ClN6S. The molecule has 2 aliphatic heterocycles. The quantitative estimate of drug-likeness (QED) is 0.381. The van der Waals surface area contributed by atoms with Crippen molar-refractivity contribution in [3.8, 4) is 0 Å². The molecule has 1 aliphatic carbocycles. The van der Waals surface area contributed by atoms with Crippen molar-refractivity contribution in [1.29, 1.82) is 0 Å². The highest BCUT2D eigenvalue weighted by Crippen LogP contribution is 2.39. The van der Waals surface area contributed by atoms with Gasteiger partial charge in [0.2, 0.25) is 5.95 Å². The van der Waals surface area contributed by atoms with E-state index in [-0.39, 0.29) is 5.41 Å². The second-order valence-electron chi connectivity index (χ2n) is 11.9. The first-order chi connectivity index (χ1) is 18.4. The van der Waals surface area contributed by atoms with Crippen LogP contribution in [0.25, 0.3) is 0 Å². The highest BCUT2D eigenvalue weighted by molar-refractivity contribution is 7.80.